The Bertz CT molecular complexity index is 920. The van der Waals surface area contributed by atoms with Crippen molar-refractivity contribution in [3.8, 4) is 0 Å². The van der Waals surface area contributed by atoms with Crippen LogP contribution in [0.2, 0.25) is 0 Å². The summed E-state index contributed by atoms with van der Waals surface area (Å²) in [6.07, 6.45) is 6.21. The minimum absolute atomic E-state index is 0.0178. The fourth-order valence-corrected chi connectivity index (χ4v) is 3.56. The van der Waals surface area contributed by atoms with Crippen LogP contribution in [-0.4, -0.2) is 61.5 Å². The number of hydrogen-bond acceptors (Lipinski definition) is 5. The number of aromatic nitrogens is 1. The molecule has 0 saturated carbocycles. The molecule has 1 aromatic heterocycles. The zero-order valence-corrected chi connectivity index (χ0v) is 16.6. The van der Waals surface area contributed by atoms with Gasteiger partial charge in [0.2, 0.25) is 15.9 Å². The molecule has 1 aliphatic heterocycles. The lowest BCUT2D eigenvalue weighted by Gasteiger charge is -2.34. The molecule has 1 amide bonds. The SMILES string of the molecule is CS(=O)(=O)Nc1ccc(/C=C\C(=O)N2CCN(Cc3ccccn3)CC2)cc1. The first-order valence-corrected chi connectivity index (χ1v) is 11.0. The van der Waals surface area contributed by atoms with E-state index in [2.05, 4.69) is 14.6 Å². The number of rotatable bonds is 6. The Labute approximate surface area is 165 Å². The quantitative estimate of drug-likeness (QED) is 0.748. The molecule has 0 atom stereocenters. The molecular weight excluding hydrogens is 376 g/mol. The smallest absolute Gasteiger partial charge is 0.246 e. The summed E-state index contributed by atoms with van der Waals surface area (Å²) in [5.41, 5.74) is 2.37. The van der Waals surface area contributed by atoms with E-state index >= 15 is 0 Å². The van der Waals surface area contributed by atoms with Gasteiger partial charge in [0.25, 0.3) is 0 Å². The molecule has 0 aliphatic carbocycles. The van der Waals surface area contributed by atoms with Crippen molar-refractivity contribution in [1.29, 1.82) is 0 Å². The zero-order chi connectivity index (χ0) is 20.0. The van der Waals surface area contributed by atoms with Gasteiger partial charge in [-0.1, -0.05) is 18.2 Å². The molecule has 0 radical (unpaired) electrons. The fourth-order valence-electron chi connectivity index (χ4n) is 3.00. The first-order valence-electron chi connectivity index (χ1n) is 9.06. The lowest BCUT2D eigenvalue weighted by atomic mass is 10.2. The summed E-state index contributed by atoms with van der Waals surface area (Å²) in [6, 6.07) is 12.8. The van der Waals surface area contributed by atoms with Crippen LogP contribution in [0.3, 0.4) is 0 Å². The van der Waals surface area contributed by atoms with Crippen molar-refractivity contribution in [2.45, 2.75) is 6.54 Å². The van der Waals surface area contributed by atoms with Crippen LogP contribution in [0.4, 0.5) is 5.69 Å². The minimum atomic E-state index is -3.29. The molecule has 148 valence electrons. The third kappa shape index (κ3) is 6.17. The number of hydrogen-bond donors (Lipinski definition) is 1. The second-order valence-corrected chi connectivity index (χ2v) is 8.50. The Morgan fingerprint density at radius 2 is 1.82 bits per heavy atom. The van der Waals surface area contributed by atoms with Gasteiger partial charge >= 0.3 is 0 Å². The van der Waals surface area contributed by atoms with Crippen LogP contribution in [0.1, 0.15) is 11.3 Å². The standard InChI is InChI=1S/C20H24N4O3S/c1-28(26,27)22-18-8-5-17(6-9-18)7-10-20(25)24-14-12-23(13-15-24)16-19-4-2-3-11-21-19/h2-11,22H,12-16H2,1H3/b10-7-. The van der Waals surface area contributed by atoms with E-state index < -0.39 is 10.0 Å². The van der Waals surface area contributed by atoms with E-state index in [0.29, 0.717) is 18.8 Å². The summed E-state index contributed by atoms with van der Waals surface area (Å²) in [6.45, 7) is 3.82. The Kier molecular flexibility index (Phi) is 6.43. The highest BCUT2D eigenvalue weighted by Crippen LogP contribution is 2.13. The Morgan fingerprint density at radius 3 is 2.43 bits per heavy atom. The molecule has 7 nitrogen and oxygen atoms in total. The van der Waals surface area contributed by atoms with E-state index in [1.807, 2.05) is 23.1 Å². The van der Waals surface area contributed by atoms with Crippen LogP contribution < -0.4 is 4.72 Å². The number of benzene rings is 1. The Morgan fingerprint density at radius 1 is 1.11 bits per heavy atom. The maximum atomic E-state index is 12.4. The van der Waals surface area contributed by atoms with Gasteiger partial charge in [-0.15, -0.1) is 0 Å². The molecule has 3 rings (SSSR count). The molecule has 28 heavy (non-hydrogen) atoms. The summed E-state index contributed by atoms with van der Waals surface area (Å²) < 4.78 is 24.8. The van der Waals surface area contributed by atoms with Crippen molar-refractivity contribution in [2.75, 3.05) is 37.2 Å². The number of carbonyl (C=O) groups is 1. The van der Waals surface area contributed by atoms with Crippen LogP contribution in [0.25, 0.3) is 6.08 Å². The molecule has 1 saturated heterocycles. The summed E-state index contributed by atoms with van der Waals surface area (Å²) in [7, 11) is -3.29. The van der Waals surface area contributed by atoms with Gasteiger partial charge in [0, 0.05) is 50.7 Å². The van der Waals surface area contributed by atoms with Crippen molar-refractivity contribution in [1.82, 2.24) is 14.8 Å². The number of nitrogens with one attached hydrogen (secondary N) is 1. The zero-order valence-electron chi connectivity index (χ0n) is 15.8. The second-order valence-electron chi connectivity index (χ2n) is 6.75. The van der Waals surface area contributed by atoms with E-state index in [0.717, 1.165) is 37.1 Å². The number of piperazine rings is 1. The molecule has 1 aromatic carbocycles. The molecule has 1 N–H and O–H groups in total. The van der Waals surface area contributed by atoms with E-state index in [1.54, 1.807) is 42.6 Å². The summed E-state index contributed by atoms with van der Waals surface area (Å²) in [5, 5.41) is 0. The summed E-state index contributed by atoms with van der Waals surface area (Å²) in [5.74, 6) is -0.0178. The molecular formula is C20H24N4O3S. The predicted molar refractivity (Wildman–Crippen MR) is 110 cm³/mol. The summed E-state index contributed by atoms with van der Waals surface area (Å²) in [4.78, 5) is 20.9. The number of nitrogens with zero attached hydrogens (tertiary/aromatic N) is 3. The van der Waals surface area contributed by atoms with Crippen molar-refractivity contribution >= 4 is 27.7 Å². The van der Waals surface area contributed by atoms with Crippen molar-refractivity contribution in [3.05, 3.63) is 66.0 Å². The van der Waals surface area contributed by atoms with E-state index in [1.165, 1.54) is 0 Å². The minimum Gasteiger partial charge on any atom is -0.337 e. The van der Waals surface area contributed by atoms with Gasteiger partial charge in [0.15, 0.2) is 0 Å². The number of sulfonamides is 1. The normalized spacial score (nSPS) is 15.7. The maximum Gasteiger partial charge on any atom is 0.246 e. The van der Waals surface area contributed by atoms with E-state index in [4.69, 9.17) is 0 Å². The molecule has 2 heterocycles. The van der Waals surface area contributed by atoms with E-state index in [-0.39, 0.29) is 5.91 Å². The number of amides is 1. The molecule has 1 fully saturated rings. The van der Waals surface area contributed by atoms with Crippen molar-refractivity contribution < 1.29 is 13.2 Å². The van der Waals surface area contributed by atoms with Crippen LogP contribution in [0, 0.1) is 0 Å². The maximum absolute atomic E-state index is 12.4. The van der Waals surface area contributed by atoms with Gasteiger partial charge in [-0.3, -0.25) is 19.4 Å². The van der Waals surface area contributed by atoms with Crippen LogP contribution in [0.15, 0.2) is 54.7 Å². The summed E-state index contributed by atoms with van der Waals surface area (Å²) >= 11 is 0. The van der Waals surface area contributed by atoms with Gasteiger partial charge in [-0.25, -0.2) is 8.42 Å². The van der Waals surface area contributed by atoms with Gasteiger partial charge in [-0.2, -0.15) is 0 Å². The first kappa shape index (κ1) is 20.0. The monoisotopic (exact) mass is 400 g/mol. The lowest BCUT2D eigenvalue weighted by Crippen LogP contribution is -2.47. The van der Waals surface area contributed by atoms with Gasteiger partial charge in [-0.05, 0) is 35.9 Å². The highest BCUT2D eigenvalue weighted by Gasteiger charge is 2.19. The third-order valence-electron chi connectivity index (χ3n) is 4.43. The average Bonchev–Trinajstić information content (AvgIpc) is 2.67. The predicted octanol–water partition coefficient (Wildman–Crippen LogP) is 1.81. The molecule has 0 unspecified atom stereocenters. The van der Waals surface area contributed by atoms with Crippen LogP contribution >= 0.6 is 0 Å². The Balaban J connectivity index is 1.48. The molecule has 1 aliphatic rings. The van der Waals surface area contributed by atoms with Gasteiger partial charge in [0.1, 0.15) is 0 Å². The van der Waals surface area contributed by atoms with Crippen molar-refractivity contribution in [2.24, 2.45) is 0 Å². The molecule has 0 bridgehead atoms. The fraction of sp³-hybridized carbons (Fsp3) is 0.300. The first-order chi connectivity index (χ1) is 13.4. The highest BCUT2D eigenvalue weighted by molar-refractivity contribution is 7.92. The molecule has 0 spiro atoms. The lowest BCUT2D eigenvalue weighted by molar-refractivity contribution is -0.127. The van der Waals surface area contributed by atoms with Crippen LogP contribution in [-0.2, 0) is 21.4 Å². The number of carbonyl (C=O) groups excluding carboxylic acids is 1. The third-order valence-corrected chi connectivity index (χ3v) is 5.03. The molecule has 2 aromatic rings. The number of anilines is 1. The second kappa shape index (κ2) is 8.99. The largest absolute Gasteiger partial charge is 0.337 e. The van der Waals surface area contributed by atoms with Gasteiger partial charge in [0.05, 0.1) is 11.9 Å². The highest BCUT2D eigenvalue weighted by atomic mass is 32.2. The van der Waals surface area contributed by atoms with Gasteiger partial charge < -0.3 is 4.90 Å². The molecule has 8 heteroatoms. The van der Waals surface area contributed by atoms with Crippen molar-refractivity contribution in [3.63, 3.8) is 0 Å². The average molecular weight is 401 g/mol. The van der Waals surface area contributed by atoms with Crippen LogP contribution in [0.5, 0.6) is 0 Å². The van der Waals surface area contributed by atoms with E-state index in [9.17, 15) is 13.2 Å². The number of pyridine rings is 1. The Hall–Kier alpha value is -2.71. The topological polar surface area (TPSA) is 82.6 Å².